The number of hydrogen-bond acceptors (Lipinski definition) is 2. The van der Waals surface area contributed by atoms with E-state index in [0.717, 1.165) is 0 Å². The van der Waals surface area contributed by atoms with Gasteiger partial charge in [0, 0.05) is 17.9 Å². The Kier molecular flexibility index (Phi) is 4.15. The van der Waals surface area contributed by atoms with Gasteiger partial charge < -0.3 is 0 Å². The van der Waals surface area contributed by atoms with Gasteiger partial charge in [-0.1, -0.05) is 12.1 Å². The largest absolute Gasteiger partial charge is 0.294 e. The second kappa shape index (κ2) is 5.41. The van der Waals surface area contributed by atoms with Crippen molar-refractivity contribution in [3.8, 4) is 6.07 Å². The van der Waals surface area contributed by atoms with Crippen molar-refractivity contribution in [2.45, 2.75) is 12.8 Å². The standard InChI is InChI=1S/C11H10ClNO/c12-6-2-5-11(14)10-4-1-3-9(7-10)8-13/h1,3-4,7H,2,5-6H2. The number of carbonyl (C=O) groups excluding carboxylic acids is 1. The smallest absolute Gasteiger partial charge is 0.162 e. The van der Waals surface area contributed by atoms with E-state index in [1.54, 1.807) is 24.3 Å². The number of hydrogen-bond donors (Lipinski definition) is 0. The fourth-order valence-electron chi connectivity index (χ4n) is 1.13. The third-order valence-electron chi connectivity index (χ3n) is 1.85. The number of nitriles is 1. The molecule has 0 amide bonds. The lowest BCUT2D eigenvalue weighted by atomic mass is 10.0. The van der Waals surface area contributed by atoms with Crippen LogP contribution in [0.25, 0.3) is 0 Å². The Morgan fingerprint density at radius 3 is 2.93 bits per heavy atom. The quantitative estimate of drug-likeness (QED) is 0.563. The van der Waals surface area contributed by atoms with Gasteiger partial charge in [0.1, 0.15) is 0 Å². The van der Waals surface area contributed by atoms with Crippen molar-refractivity contribution in [1.82, 2.24) is 0 Å². The number of rotatable bonds is 4. The summed E-state index contributed by atoms with van der Waals surface area (Å²) in [5.41, 5.74) is 1.11. The molecule has 0 atom stereocenters. The fourth-order valence-corrected chi connectivity index (χ4v) is 1.27. The van der Waals surface area contributed by atoms with Crippen LogP contribution in [0.2, 0.25) is 0 Å². The Labute approximate surface area is 88.1 Å². The topological polar surface area (TPSA) is 40.9 Å². The van der Waals surface area contributed by atoms with Crippen LogP contribution >= 0.6 is 11.6 Å². The highest BCUT2D eigenvalue weighted by Gasteiger charge is 2.05. The summed E-state index contributed by atoms with van der Waals surface area (Å²) in [5.74, 6) is 0.534. The van der Waals surface area contributed by atoms with Crippen molar-refractivity contribution >= 4 is 17.4 Å². The van der Waals surface area contributed by atoms with E-state index < -0.39 is 0 Å². The molecule has 0 unspecified atom stereocenters. The van der Waals surface area contributed by atoms with Crippen LogP contribution in [-0.4, -0.2) is 11.7 Å². The van der Waals surface area contributed by atoms with Crippen LogP contribution in [0.1, 0.15) is 28.8 Å². The van der Waals surface area contributed by atoms with Gasteiger partial charge in [-0.15, -0.1) is 11.6 Å². The summed E-state index contributed by atoms with van der Waals surface area (Å²) in [7, 11) is 0. The average molecular weight is 208 g/mol. The van der Waals surface area contributed by atoms with Gasteiger partial charge in [-0.25, -0.2) is 0 Å². The Bertz CT molecular complexity index is 368. The van der Waals surface area contributed by atoms with E-state index in [4.69, 9.17) is 16.9 Å². The normalized spacial score (nSPS) is 9.43. The highest BCUT2D eigenvalue weighted by atomic mass is 35.5. The van der Waals surface area contributed by atoms with Crippen LogP contribution in [-0.2, 0) is 0 Å². The molecule has 1 rings (SSSR count). The molecular formula is C11H10ClNO. The molecule has 1 aromatic carbocycles. The summed E-state index contributed by atoms with van der Waals surface area (Å²) in [4.78, 5) is 11.5. The Morgan fingerprint density at radius 1 is 1.50 bits per heavy atom. The highest BCUT2D eigenvalue weighted by molar-refractivity contribution is 6.18. The minimum absolute atomic E-state index is 0.0442. The molecule has 0 aromatic heterocycles. The number of nitrogens with zero attached hydrogens (tertiary/aromatic N) is 1. The molecule has 0 saturated carbocycles. The Morgan fingerprint density at radius 2 is 2.29 bits per heavy atom. The number of ketones is 1. The maximum Gasteiger partial charge on any atom is 0.162 e. The van der Waals surface area contributed by atoms with E-state index in [9.17, 15) is 4.79 Å². The van der Waals surface area contributed by atoms with Gasteiger partial charge in [0.15, 0.2) is 5.78 Å². The van der Waals surface area contributed by atoms with Crippen molar-refractivity contribution in [3.05, 3.63) is 35.4 Å². The molecule has 0 aliphatic heterocycles. The molecule has 0 aliphatic rings. The molecule has 0 N–H and O–H groups in total. The summed E-state index contributed by atoms with van der Waals surface area (Å²) in [6.45, 7) is 0. The zero-order valence-electron chi connectivity index (χ0n) is 7.66. The summed E-state index contributed by atoms with van der Waals surface area (Å²) >= 11 is 5.49. The number of Topliss-reactive ketones (excluding diaryl/α,β-unsaturated/α-hetero) is 1. The summed E-state index contributed by atoms with van der Waals surface area (Å²) in [6, 6.07) is 8.72. The van der Waals surface area contributed by atoms with E-state index in [1.165, 1.54) is 0 Å². The van der Waals surface area contributed by atoms with E-state index in [2.05, 4.69) is 0 Å². The van der Waals surface area contributed by atoms with Crippen LogP contribution < -0.4 is 0 Å². The van der Waals surface area contributed by atoms with Crippen molar-refractivity contribution in [2.75, 3.05) is 5.88 Å². The van der Waals surface area contributed by atoms with Crippen molar-refractivity contribution in [2.24, 2.45) is 0 Å². The SMILES string of the molecule is N#Cc1cccc(C(=O)CCCCl)c1. The zero-order chi connectivity index (χ0) is 10.4. The molecule has 14 heavy (non-hydrogen) atoms. The molecule has 0 fully saturated rings. The fraction of sp³-hybridized carbons (Fsp3) is 0.273. The number of alkyl halides is 1. The van der Waals surface area contributed by atoms with Crippen molar-refractivity contribution in [3.63, 3.8) is 0 Å². The molecule has 0 saturated heterocycles. The van der Waals surface area contributed by atoms with Crippen LogP contribution in [0.3, 0.4) is 0 Å². The maximum absolute atomic E-state index is 11.5. The number of benzene rings is 1. The summed E-state index contributed by atoms with van der Waals surface area (Å²) in [6.07, 6.45) is 1.12. The van der Waals surface area contributed by atoms with E-state index in [1.807, 2.05) is 6.07 Å². The van der Waals surface area contributed by atoms with Crippen LogP contribution in [0, 0.1) is 11.3 Å². The van der Waals surface area contributed by atoms with Gasteiger partial charge in [0.05, 0.1) is 11.6 Å². The predicted octanol–water partition coefficient (Wildman–Crippen LogP) is 2.76. The summed E-state index contributed by atoms with van der Waals surface area (Å²) in [5, 5.41) is 8.64. The lowest BCUT2D eigenvalue weighted by Gasteiger charge is -1.99. The Hall–Kier alpha value is -1.33. The molecule has 3 heteroatoms. The lowest BCUT2D eigenvalue weighted by molar-refractivity contribution is 0.0982. The van der Waals surface area contributed by atoms with Crippen LogP contribution in [0.5, 0.6) is 0 Å². The van der Waals surface area contributed by atoms with Crippen LogP contribution in [0.4, 0.5) is 0 Å². The minimum atomic E-state index is 0.0442. The van der Waals surface area contributed by atoms with Gasteiger partial charge in [0.25, 0.3) is 0 Å². The molecule has 72 valence electrons. The van der Waals surface area contributed by atoms with E-state index >= 15 is 0 Å². The van der Waals surface area contributed by atoms with Crippen LogP contribution in [0.15, 0.2) is 24.3 Å². The first kappa shape index (κ1) is 10.7. The first-order valence-electron chi connectivity index (χ1n) is 4.37. The van der Waals surface area contributed by atoms with Crippen molar-refractivity contribution < 1.29 is 4.79 Å². The molecule has 0 heterocycles. The van der Waals surface area contributed by atoms with Gasteiger partial charge in [-0.2, -0.15) is 5.26 Å². The number of carbonyl (C=O) groups is 1. The monoisotopic (exact) mass is 207 g/mol. The van der Waals surface area contributed by atoms with E-state index in [-0.39, 0.29) is 5.78 Å². The van der Waals surface area contributed by atoms with Gasteiger partial charge >= 0.3 is 0 Å². The molecule has 2 nitrogen and oxygen atoms in total. The van der Waals surface area contributed by atoms with Gasteiger partial charge in [-0.05, 0) is 18.6 Å². The molecule has 0 bridgehead atoms. The van der Waals surface area contributed by atoms with Gasteiger partial charge in [0.2, 0.25) is 0 Å². The van der Waals surface area contributed by atoms with E-state index in [0.29, 0.717) is 29.8 Å². The molecule has 1 aromatic rings. The molecular weight excluding hydrogens is 198 g/mol. The highest BCUT2D eigenvalue weighted by Crippen LogP contribution is 2.08. The first-order valence-corrected chi connectivity index (χ1v) is 4.90. The lowest BCUT2D eigenvalue weighted by Crippen LogP contribution is -1.99. The van der Waals surface area contributed by atoms with Crippen molar-refractivity contribution in [1.29, 1.82) is 5.26 Å². The first-order chi connectivity index (χ1) is 6.77. The zero-order valence-corrected chi connectivity index (χ0v) is 8.42. The third-order valence-corrected chi connectivity index (χ3v) is 2.12. The number of halogens is 1. The predicted molar refractivity (Wildman–Crippen MR) is 55.4 cm³/mol. The van der Waals surface area contributed by atoms with Gasteiger partial charge in [-0.3, -0.25) is 4.79 Å². The minimum Gasteiger partial charge on any atom is -0.294 e. The summed E-state index contributed by atoms with van der Waals surface area (Å²) < 4.78 is 0. The Balaban J connectivity index is 2.75. The third kappa shape index (κ3) is 2.86. The average Bonchev–Trinajstić information content (AvgIpc) is 2.26. The molecule has 0 spiro atoms. The molecule has 0 radical (unpaired) electrons. The maximum atomic E-state index is 11.5. The molecule has 0 aliphatic carbocycles. The second-order valence-electron chi connectivity index (χ2n) is 2.91. The second-order valence-corrected chi connectivity index (χ2v) is 3.29.